The molecule has 0 fully saturated rings. The van der Waals surface area contributed by atoms with Crippen LogP contribution < -0.4 is 10.6 Å². The minimum Gasteiger partial charge on any atom is -0.463 e. The van der Waals surface area contributed by atoms with Gasteiger partial charge in [-0.15, -0.1) is 11.3 Å². The van der Waals surface area contributed by atoms with E-state index in [1.54, 1.807) is 39.1 Å². The molecule has 1 unspecified atom stereocenters. The zero-order valence-corrected chi connectivity index (χ0v) is 17.0. The highest BCUT2D eigenvalue weighted by Crippen LogP contribution is 2.27. The molecule has 2 amide bonds. The van der Waals surface area contributed by atoms with Crippen molar-refractivity contribution in [1.29, 1.82) is 0 Å². The minimum atomic E-state index is -0.599. The lowest BCUT2D eigenvalue weighted by molar-refractivity contribution is -0.139. The Kier molecular flexibility index (Phi) is 6.23. The molecule has 0 bridgehead atoms. The number of carbonyl (C=O) groups excluding carboxylic acids is 3. The van der Waals surface area contributed by atoms with Crippen LogP contribution in [0.1, 0.15) is 29.2 Å². The van der Waals surface area contributed by atoms with Crippen molar-refractivity contribution < 1.29 is 23.9 Å². The fraction of sp³-hybridized carbons (Fsp3) is 0.316. The van der Waals surface area contributed by atoms with E-state index >= 15 is 0 Å². The summed E-state index contributed by atoms with van der Waals surface area (Å²) in [6, 6.07) is 4.37. The number of nitrogens with zero attached hydrogens (tertiary/aromatic N) is 2. The Morgan fingerprint density at radius 1 is 1.24 bits per heavy atom. The van der Waals surface area contributed by atoms with Crippen LogP contribution in [0.2, 0.25) is 0 Å². The maximum absolute atomic E-state index is 12.6. The smallest absolute Gasteiger partial charge is 0.350 e. The van der Waals surface area contributed by atoms with Crippen LogP contribution in [0, 0.1) is 6.92 Å². The Morgan fingerprint density at radius 3 is 2.72 bits per heavy atom. The highest BCUT2D eigenvalue weighted by atomic mass is 32.1. The molecule has 152 valence electrons. The molecular formula is C19H20N4O5S. The van der Waals surface area contributed by atoms with E-state index in [9.17, 15) is 14.4 Å². The third kappa shape index (κ3) is 4.60. The summed E-state index contributed by atoms with van der Waals surface area (Å²) in [7, 11) is 0. The molecule has 1 atom stereocenters. The third-order valence-electron chi connectivity index (χ3n) is 4.08. The number of rotatable bonds is 6. The lowest BCUT2D eigenvalue weighted by Gasteiger charge is -2.26. The first-order valence-electron chi connectivity index (χ1n) is 8.94. The number of amides is 2. The normalized spacial score (nSPS) is 16.1. The number of aryl methyl sites for hydroxylation is 1. The molecule has 0 saturated heterocycles. The van der Waals surface area contributed by atoms with Gasteiger partial charge < -0.3 is 20.1 Å². The Labute approximate surface area is 171 Å². The van der Waals surface area contributed by atoms with Crippen LogP contribution in [0.25, 0.3) is 10.7 Å². The number of urea groups is 1. The summed E-state index contributed by atoms with van der Waals surface area (Å²) in [5.74, 6) is -1.18. The fourth-order valence-electron chi connectivity index (χ4n) is 2.78. The third-order valence-corrected chi connectivity index (χ3v) is 5.24. The molecule has 0 radical (unpaired) electrons. The molecule has 2 N–H and O–H groups in total. The Balaban J connectivity index is 1.78. The number of pyridine rings is 1. The number of nitrogens with one attached hydrogen (secondary N) is 2. The molecule has 0 spiro atoms. The molecular weight excluding hydrogens is 396 g/mol. The number of aromatic nitrogens is 2. The largest absolute Gasteiger partial charge is 0.463 e. The number of thiazole rings is 1. The molecule has 2 aromatic heterocycles. The van der Waals surface area contributed by atoms with Crippen molar-refractivity contribution in [1.82, 2.24) is 20.6 Å². The van der Waals surface area contributed by atoms with Crippen molar-refractivity contribution in [3.8, 4) is 10.7 Å². The van der Waals surface area contributed by atoms with Gasteiger partial charge in [0.25, 0.3) is 0 Å². The van der Waals surface area contributed by atoms with Gasteiger partial charge in [-0.1, -0.05) is 6.07 Å². The number of carbonyl (C=O) groups is 3. The van der Waals surface area contributed by atoms with E-state index < -0.39 is 24.0 Å². The predicted molar refractivity (Wildman–Crippen MR) is 105 cm³/mol. The Morgan fingerprint density at radius 2 is 2.03 bits per heavy atom. The van der Waals surface area contributed by atoms with Crippen LogP contribution in [-0.4, -0.2) is 47.2 Å². The van der Waals surface area contributed by atoms with Crippen molar-refractivity contribution in [2.75, 3.05) is 13.2 Å². The van der Waals surface area contributed by atoms with Gasteiger partial charge in [0.15, 0.2) is 0 Å². The summed E-state index contributed by atoms with van der Waals surface area (Å²) in [5, 5.41) is 5.70. The quantitative estimate of drug-likeness (QED) is 0.693. The monoisotopic (exact) mass is 416 g/mol. The number of hydrogen-bond donors (Lipinski definition) is 2. The first-order valence-corrected chi connectivity index (χ1v) is 9.76. The summed E-state index contributed by atoms with van der Waals surface area (Å²) in [6.45, 7) is 4.95. The molecule has 3 heterocycles. The summed E-state index contributed by atoms with van der Waals surface area (Å²) < 4.78 is 10.4. The van der Waals surface area contributed by atoms with E-state index in [4.69, 9.17) is 9.47 Å². The van der Waals surface area contributed by atoms with E-state index in [1.165, 1.54) is 11.3 Å². The van der Waals surface area contributed by atoms with Gasteiger partial charge in [0.2, 0.25) is 0 Å². The topological polar surface area (TPSA) is 120 Å². The molecule has 10 heteroatoms. The molecule has 1 aliphatic heterocycles. The minimum absolute atomic E-state index is 0.187. The van der Waals surface area contributed by atoms with Gasteiger partial charge in [0, 0.05) is 6.20 Å². The first kappa shape index (κ1) is 20.5. The number of hydrogen-bond acceptors (Lipinski definition) is 8. The van der Waals surface area contributed by atoms with Gasteiger partial charge in [-0.2, -0.15) is 0 Å². The van der Waals surface area contributed by atoms with Crippen LogP contribution >= 0.6 is 11.3 Å². The van der Waals surface area contributed by atoms with Gasteiger partial charge in [-0.3, -0.25) is 4.98 Å². The van der Waals surface area contributed by atoms with Crippen LogP contribution in [0.15, 0.2) is 35.7 Å². The second kappa shape index (κ2) is 8.82. The maximum atomic E-state index is 12.6. The van der Waals surface area contributed by atoms with E-state index in [0.29, 0.717) is 21.3 Å². The van der Waals surface area contributed by atoms with Crippen LogP contribution in [0.4, 0.5) is 4.79 Å². The second-order valence-corrected chi connectivity index (χ2v) is 7.16. The number of esters is 2. The molecule has 1 aliphatic rings. The average molecular weight is 416 g/mol. The fourth-order valence-corrected chi connectivity index (χ4v) is 3.72. The van der Waals surface area contributed by atoms with Crippen molar-refractivity contribution in [3.05, 3.63) is 46.2 Å². The summed E-state index contributed by atoms with van der Waals surface area (Å²) in [4.78, 5) is 45.5. The highest BCUT2D eigenvalue weighted by molar-refractivity contribution is 7.17. The van der Waals surface area contributed by atoms with Gasteiger partial charge in [0.1, 0.15) is 16.5 Å². The predicted octanol–water partition coefficient (Wildman–Crippen LogP) is 2.19. The van der Waals surface area contributed by atoms with E-state index in [-0.39, 0.29) is 24.5 Å². The first-order chi connectivity index (χ1) is 13.9. The van der Waals surface area contributed by atoms with Crippen molar-refractivity contribution >= 4 is 29.3 Å². The molecule has 29 heavy (non-hydrogen) atoms. The highest BCUT2D eigenvalue weighted by Gasteiger charge is 2.30. The Bertz CT molecular complexity index is 970. The van der Waals surface area contributed by atoms with Gasteiger partial charge in [-0.25, -0.2) is 19.4 Å². The van der Waals surface area contributed by atoms with Crippen LogP contribution in [0.3, 0.4) is 0 Å². The number of ether oxygens (including phenoxy) is 2. The lowest BCUT2D eigenvalue weighted by Crippen LogP contribution is -2.50. The molecule has 0 aliphatic carbocycles. The van der Waals surface area contributed by atoms with E-state index in [1.807, 2.05) is 6.07 Å². The van der Waals surface area contributed by atoms with Crippen molar-refractivity contribution in [2.24, 2.45) is 0 Å². The van der Waals surface area contributed by atoms with Crippen molar-refractivity contribution in [3.63, 3.8) is 0 Å². The summed E-state index contributed by atoms with van der Waals surface area (Å²) >= 11 is 1.17. The maximum Gasteiger partial charge on any atom is 0.350 e. The Hall–Kier alpha value is -3.27. The molecule has 2 aromatic rings. The average Bonchev–Trinajstić information content (AvgIpc) is 3.08. The summed E-state index contributed by atoms with van der Waals surface area (Å²) in [5.41, 5.74) is 1.59. The second-order valence-electron chi connectivity index (χ2n) is 6.16. The SMILES string of the molecule is CCOC(=O)C1=C(COC(=O)c2sc(-c3ccccn3)nc2C)NC(=O)NC1C. The van der Waals surface area contributed by atoms with Gasteiger partial charge >= 0.3 is 18.0 Å². The van der Waals surface area contributed by atoms with Crippen LogP contribution in [0.5, 0.6) is 0 Å². The van der Waals surface area contributed by atoms with Crippen molar-refractivity contribution in [2.45, 2.75) is 26.8 Å². The lowest BCUT2D eigenvalue weighted by atomic mass is 10.0. The molecule has 0 aromatic carbocycles. The zero-order chi connectivity index (χ0) is 21.0. The van der Waals surface area contributed by atoms with Gasteiger partial charge in [0.05, 0.1) is 35.3 Å². The van der Waals surface area contributed by atoms with Crippen LogP contribution in [-0.2, 0) is 14.3 Å². The molecule has 3 rings (SSSR count). The van der Waals surface area contributed by atoms with E-state index in [2.05, 4.69) is 20.6 Å². The molecule has 9 nitrogen and oxygen atoms in total. The summed E-state index contributed by atoms with van der Waals surface area (Å²) in [6.07, 6.45) is 1.65. The molecule has 0 saturated carbocycles. The van der Waals surface area contributed by atoms with E-state index in [0.717, 1.165) is 0 Å². The zero-order valence-electron chi connectivity index (χ0n) is 16.1. The van der Waals surface area contributed by atoms with Gasteiger partial charge in [-0.05, 0) is 32.9 Å². The standard InChI is InChI=1S/C19H20N4O5S/c1-4-27-17(24)14-10(2)22-19(26)23-13(14)9-28-18(25)15-11(3)21-16(29-15)12-7-5-6-8-20-12/h5-8,10H,4,9H2,1-3H3,(H2,22,23,26).